The summed E-state index contributed by atoms with van der Waals surface area (Å²) in [5.74, 6) is -3.09. The summed E-state index contributed by atoms with van der Waals surface area (Å²) in [4.78, 5) is 25.4. The first kappa shape index (κ1) is 33.0. The van der Waals surface area contributed by atoms with Crippen molar-refractivity contribution in [1.82, 2.24) is 19.4 Å². The number of hydrogen-bond acceptors (Lipinski definition) is 7. The molecule has 1 aromatic carbocycles. The molecule has 6 heterocycles. The number of nitrogens with one attached hydrogen (secondary N) is 1. The quantitative estimate of drug-likeness (QED) is 0.308. The molecule has 250 valence electrons. The highest BCUT2D eigenvalue weighted by Gasteiger charge is 2.42. The predicted octanol–water partition coefficient (Wildman–Crippen LogP) is 6.80. The van der Waals surface area contributed by atoms with Crippen LogP contribution in [0.25, 0.3) is 11.0 Å². The summed E-state index contributed by atoms with van der Waals surface area (Å²) in [6, 6.07) is 8.21. The summed E-state index contributed by atoms with van der Waals surface area (Å²) in [5.41, 5.74) is 1.80. The molecule has 0 radical (unpaired) electrons. The monoisotopic (exact) mass is 655 g/mol. The van der Waals surface area contributed by atoms with E-state index in [2.05, 4.69) is 20.2 Å². The third kappa shape index (κ3) is 7.30. The van der Waals surface area contributed by atoms with E-state index in [1.165, 1.54) is 6.33 Å². The van der Waals surface area contributed by atoms with Crippen LogP contribution in [0.15, 0.2) is 41.5 Å². The number of aryl methyl sites for hydroxylation is 1. The fraction of sp³-hybridized carbons (Fsp3) is 0.629. The Morgan fingerprint density at radius 1 is 0.870 bits per heavy atom. The van der Waals surface area contributed by atoms with Crippen LogP contribution >= 0.6 is 0 Å². The summed E-state index contributed by atoms with van der Waals surface area (Å²) >= 11 is 0. The zero-order valence-electron chi connectivity index (χ0n) is 26.9. The number of rotatable bonds is 1. The SMILES string of the molecule is C[C@H]1Nc2ncnc3c2cc(C2CCS(=O)(=O)CC2)c(=O)n3CCCCCCCCCN2CCC(CC2)C(F)(F)c2cccc1c2. The van der Waals surface area contributed by atoms with Crippen molar-refractivity contribution in [3.63, 3.8) is 0 Å². The van der Waals surface area contributed by atoms with Gasteiger partial charge in [0, 0.05) is 29.6 Å². The number of sulfone groups is 1. The van der Waals surface area contributed by atoms with E-state index >= 15 is 8.78 Å². The molecule has 3 aromatic rings. The molecule has 2 aromatic heterocycles. The van der Waals surface area contributed by atoms with Crippen LogP contribution in [-0.4, -0.2) is 59.0 Å². The van der Waals surface area contributed by atoms with Crippen LogP contribution in [0.5, 0.6) is 0 Å². The highest BCUT2D eigenvalue weighted by atomic mass is 32.2. The second-order valence-electron chi connectivity index (χ2n) is 13.6. The molecule has 0 amide bonds. The summed E-state index contributed by atoms with van der Waals surface area (Å²) in [5, 5.41) is 4.12. The summed E-state index contributed by atoms with van der Waals surface area (Å²) < 4.78 is 57.9. The molecule has 0 aliphatic carbocycles. The number of halogens is 2. The van der Waals surface area contributed by atoms with E-state index in [1.54, 1.807) is 22.8 Å². The molecule has 2 saturated heterocycles. The molecule has 1 N–H and O–H groups in total. The largest absolute Gasteiger partial charge is 0.363 e. The molecule has 8 bridgehead atoms. The van der Waals surface area contributed by atoms with Crippen LogP contribution < -0.4 is 10.9 Å². The fourth-order valence-electron chi connectivity index (χ4n) is 7.57. The number of fused-ring (bicyclic) bond motifs is 11. The standard InChI is InChI=1S/C35H47F2N5O3S/c1-25-27-10-9-11-29(22-27)35(36,37)28-12-18-41(19-13-28)16-7-5-3-2-4-6-8-17-42-33-31(32(40-25)38-24-39-33)23-30(34(42)43)26-14-20-46(44,45)21-15-26/h9-11,22-26,28H,2-8,12-21H2,1H3,(H,38,39,40)/t25-/m1/s1. The molecule has 2 fully saturated rings. The van der Waals surface area contributed by atoms with E-state index in [1.807, 2.05) is 19.1 Å². The first-order valence-corrected chi connectivity index (χ1v) is 19.0. The molecule has 0 spiro atoms. The van der Waals surface area contributed by atoms with Crippen LogP contribution in [0.4, 0.5) is 14.6 Å². The first-order chi connectivity index (χ1) is 22.1. The molecule has 0 unspecified atom stereocenters. The maximum atomic E-state index is 15.9. The van der Waals surface area contributed by atoms with Gasteiger partial charge in [0.25, 0.3) is 11.5 Å². The lowest BCUT2D eigenvalue weighted by atomic mass is 9.85. The smallest absolute Gasteiger partial charge is 0.276 e. The van der Waals surface area contributed by atoms with Gasteiger partial charge in [0.15, 0.2) is 0 Å². The lowest BCUT2D eigenvalue weighted by Crippen LogP contribution is -2.40. The van der Waals surface area contributed by atoms with Crippen molar-refractivity contribution in [2.45, 2.75) is 102 Å². The summed E-state index contributed by atoms with van der Waals surface area (Å²) in [7, 11) is -3.09. The van der Waals surface area contributed by atoms with E-state index in [0.29, 0.717) is 54.6 Å². The average Bonchev–Trinajstić information content (AvgIpc) is 3.05. The van der Waals surface area contributed by atoms with Gasteiger partial charge in [-0.3, -0.25) is 9.36 Å². The second kappa shape index (κ2) is 14.1. The maximum absolute atomic E-state index is 15.9. The minimum Gasteiger partial charge on any atom is -0.363 e. The molecule has 4 aliphatic heterocycles. The molecule has 7 rings (SSSR count). The Kier molecular flexibility index (Phi) is 10.1. The maximum Gasteiger partial charge on any atom is 0.276 e. The van der Waals surface area contributed by atoms with Gasteiger partial charge in [-0.1, -0.05) is 50.3 Å². The van der Waals surface area contributed by atoms with Crippen molar-refractivity contribution in [2.24, 2.45) is 5.92 Å². The number of piperidine rings is 1. The number of alkyl halides is 2. The highest BCUT2D eigenvalue weighted by Crippen LogP contribution is 2.42. The minimum absolute atomic E-state index is 0.0476. The van der Waals surface area contributed by atoms with E-state index in [-0.39, 0.29) is 34.6 Å². The van der Waals surface area contributed by atoms with E-state index in [4.69, 9.17) is 0 Å². The molecule has 0 saturated carbocycles. The van der Waals surface area contributed by atoms with Crippen LogP contribution in [0.3, 0.4) is 0 Å². The summed E-state index contributed by atoms with van der Waals surface area (Å²) in [6.07, 6.45) is 10.7. The highest BCUT2D eigenvalue weighted by molar-refractivity contribution is 7.91. The van der Waals surface area contributed by atoms with Gasteiger partial charge in [-0.15, -0.1) is 0 Å². The Balaban J connectivity index is 1.36. The van der Waals surface area contributed by atoms with Gasteiger partial charge in [0.1, 0.15) is 27.6 Å². The van der Waals surface area contributed by atoms with Crippen LogP contribution in [0.1, 0.15) is 106 Å². The van der Waals surface area contributed by atoms with E-state index in [9.17, 15) is 13.2 Å². The van der Waals surface area contributed by atoms with Gasteiger partial charge in [-0.05, 0) is 88.7 Å². The van der Waals surface area contributed by atoms with Gasteiger partial charge < -0.3 is 10.2 Å². The van der Waals surface area contributed by atoms with Crippen molar-refractivity contribution in [3.05, 3.63) is 63.7 Å². The van der Waals surface area contributed by atoms with Crippen molar-refractivity contribution in [3.8, 4) is 0 Å². The molecule has 4 aliphatic rings. The lowest BCUT2D eigenvalue weighted by molar-refractivity contribution is -0.0855. The Hall–Kier alpha value is -2.92. The van der Waals surface area contributed by atoms with E-state index < -0.39 is 21.7 Å². The predicted molar refractivity (Wildman–Crippen MR) is 178 cm³/mol. The third-order valence-corrected chi connectivity index (χ3v) is 12.2. The number of hydrogen-bond donors (Lipinski definition) is 1. The molecular formula is C35H47F2N5O3S. The van der Waals surface area contributed by atoms with Gasteiger partial charge in [-0.25, -0.2) is 27.2 Å². The number of benzene rings is 1. The molecule has 46 heavy (non-hydrogen) atoms. The topological polar surface area (TPSA) is 97.2 Å². The Morgan fingerprint density at radius 3 is 2.26 bits per heavy atom. The zero-order chi connectivity index (χ0) is 32.3. The first-order valence-electron chi connectivity index (χ1n) is 17.2. The molecule has 8 nitrogen and oxygen atoms in total. The van der Waals surface area contributed by atoms with Crippen molar-refractivity contribution >= 4 is 26.7 Å². The zero-order valence-corrected chi connectivity index (χ0v) is 27.7. The van der Waals surface area contributed by atoms with Gasteiger partial charge in [0.2, 0.25) is 0 Å². The number of nitrogens with zero attached hydrogens (tertiary/aromatic N) is 4. The van der Waals surface area contributed by atoms with E-state index in [0.717, 1.165) is 70.1 Å². The van der Waals surface area contributed by atoms with Crippen LogP contribution in [0.2, 0.25) is 0 Å². The van der Waals surface area contributed by atoms with Gasteiger partial charge in [-0.2, -0.15) is 0 Å². The minimum atomic E-state index is -3.09. The van der Waals surface area contributed by atoms with Gasteiger partial charge in [0.05, 0.1) is 16.9 Å². The molecular weight excluding hydrogens is 608 g/mol. The fourth-order valence-corrected chi connectivity index (χ4v) is 9.06. The van der Waals surface area contributed by atoms with Crippen molar-refractivity contribution in [2.75, 3.05) is 36.5 Å². The number of aromatic nitrogens is 3. The third-order valence-electron chi connectivity index (χ3n) is 10.5. The Bertz CT molecular complexity index is 1670. The Morgan fingerprint density at radius 2 is 1.54 bits per heavy atom. The Labute approximate surface area is 270 Å². The number of anilines is 1. The average molecular weight is 656 g/mol. The normalized spacial score (nSPS) is 26.5. The lowest BCUT2D eigenvalue weighted by Gasteiger charge is -2.36. The van der Waals surface area contributed by atoms with Crippen LogP contribution in [-0.2, 0) is 22.3 Å². The number of pyridine rings is 1. The molecule has 1 atom stereocenters. The second-order valence-corrected chi connectivity index (χ2v) is 16.0. The van der Waals surface area contributed by atoms with Crippen molar-refractivity contribution in [1.29, 1.82) is 0 Å². The van der Waals surface area contributed by atoms with Gasteiger partial charge >= 0.3 is 0 Å². The van der Waals surface area contributed by atoms with Crippen molar-refractivity contribution < 1.29 is 17.2 Å². The van der Waals surface area contributed by atoms with Crippen LogP contribution in [0, 0.1) is 5.92 Å². The summed E-state index contributed by atoms with van der Waals surface area (Å²) in [6.45, 7) is 4.86. The molecule has 11 heteroatoms.